The Morgan fingerprint density at radius 1 is 1.26 bits per heavy atom. The van der Waals surface area contributed by atoms with Crippen LogP contribution in [0.4, 0.5) is 5.82 Å². The highest BCUT2D eigenvalue weighted by Crippen LogP contribution is 2.31. The Morgan fingerprint density at radius 2 is 2.22 bits per heavy atom. The first-order chi connectivity index (χ1) is 13.3. The predicted octanol–water partition coefficient (Wildman–Crippen LogP) is 1.72. The molecule has 0 saturated carbocycles. The SMILES string of the molecule is Cn1c(Cn2ccnc2)nnc1[C@@H]1CCCN(c2ncnc3[nH]ccc23)C1. The van der Waals surface area contributed by atoms with E-state index in [-0.39, 0.29) is 0 Å². The third-order valence-corrected chi connectivity index (χ3v) is 5.30. The molecule has 9 heteroatoms. The number of aromatic nitrogens is 8. The molecule has 1 N–H and O–H groups in total. The van der Waals surface area contributed by atoms with Gasteiger partial charge in [-0.15, -0.1) is 10.2 Å². The van der Waals surface area contributed by atoms with Gasteiger partial charge in [-0.3, -0.25) is 0 Å². The van der Waals surface area contributed by atoms with Crippen LogP contribution in [-0.4, -0.2) is 52.4 Å². The summed E-state index contributed by atoms with van der Waals surface area (Å²) in [5, 5.41) is 10.0. The Morgan fingerprint density at radius 3 is 3.11 bits per heavy atom. The van der Waals surface area contributed by atoms with Crippen LogP contribution < -0.4 is 4.90 Å². The minimum atomic E-state index is 0.330. The number of imidazole rings is 1. The van der Waals surface area contributed by atoms with Gasteiger partial charge in [-0.2, -0.15) is 0 Å². The van der Waals surface area contributed by atoms with Gasteiger partial charge in [-0.25, -0.2) is 15.0 Å². The molecule has 5 heterocycles. The topological polar surface area (TPSA) is 93.3 Å². The molecule has 0 spiro atoms. The van der Waals surface area contributed by atoms with Gasteiger partial charge in [0, 0.05) is 44.6 Å². The summed E-state index contributed by atoms with van der Waals surface area (Å²) in [7, 11) is 2.05. The fraction of sp³-hybridized carbons (Fsp3) is 0.389. The van der Waals surface area contributed by atoms with Crippen LogP contribution in [0.3, 0.4) is 0 Å². The maximum absolute atomic E-state index is 4.55. The number of hydrogen-bond acceptors (Lipinski definition) is 6. The van der Waals surface area contributed by atoms with Crippen LogP contribution in [0, 0.1) is 0 Å². The largest absolute Gasteiger partial charge is 0.355 e. The number of fused-ring (bicyclic) bond motifs is 1. The van der Waals surface area contributed by atoms with Crippen molar-refractivity contribution in [2.45, 2.75) is 25.3 Å². The number of hydrogen-bond donors (Lipinski definition) is 1. The number of nitrogens with zero attached hydrogens (tertiary/aromatic N) is 8. The van der Waals surface area contributed by atoms with Gasteiger partial charge in [0.05, 0.1) is 18.3 Å². The molecule has 4 aromatic heterocycles. The molecule has 9 nitrogen and oxygen atoms in total. The van der Waals surface area contributed by atoms with E-state index in [2.05, 4.69) is 46.6 Å². The number of H-pyrrole nitrogens is 1. The van der Waals surface area contributed by atoms with Crippen LogP contribution in [0.2, 0.25) is 0 Å². The molecule has 1 aliphatic rings. The van der Waals surface area contributed by atoms with Gasteiger partial charge in [0.25, 0.3) is 0 Å². The molecule has 4 aromatic rings. The molecule has 5 rings (SSSR count). The van der Waals surface area contributed by atoms with Gasteiger partial charge >= 0.3 is 0 Å². The van der Waals surface area contributed by atoms with E-state index in [4.69, 9.17) is 0 Å². The Balaban J connectivity index is 1.40. The van der Waals surface area contributed by atoms with E-state index < -0.39 is 0 Å². The molecule has 1 aliphatic heterocycles. The van der Waals surface area contributed by atoms with Crippen molar-refractivity contribution in [1.29, 1.82) is 0 Å². The maximum atomic E-state index is 4.55. The lowest BCUT2D eigenvalue weighted by atomic mass is 9.97. The van der Waals surface area contributed by atoms with Gasteiger partial charge < -0.3 is 19.0 Å². The molecule has 27 heavy (non-hydrogen) atoms. The predicted molar refractivity (Wildman–Crippen MR) is 100 cm³/mol. The number of anilines is 1. The summed E-state index contributed by atoms with van der Waals surface area (Å²) in [6.07, 6.45) is 11.3. The lowest BCUT2D eigenvalue weighted by Gasteiger charge is -2.33. The quantitative estimate of drug-likeness (QED) is 0.593. The number of aromatic amines is 1. The number of rotatable bonds is 4. The van der Waals surface area contributed by atoms with Crippen LogP contribution in [0.25, 0.3) is 11.0 Å². The second-order valence-electron chi connectivity index (χ2n) is 6.99. The third-order valence-electron chi connectivity index (χ3n) is 5.30. The summed E-state index contributed by atoms with van der Waals surface area (Å²) in [5.74, 6) is 3.30. The van der Waals surface area contributed by atoms with Crippen molar-refractivity contribution < 1.29 is 0 Å². The molecule has 0 aromatic carbocycles. The van der Waals surface area contributed by atoms with E-state index in [1.807, 2.05) is 23.0 Å². The van der Waals surface area contributed by atoms with Gasteiger partial charge in [-0.05, 0) is 18.9 Å². The highest BCUT2D eigenvalue weighted by atomic mass is 15.3. The van der Waals surface area contributed by atoms with Crippen molar-refractivity contribution in [2.75, 3.05) is 18.0 Å². The average molecular weight is 363 g/mol. The molecule has 1 atom stereocenters. The lowest BCUT2D eigenvalue weighted by Crippen LogP contribution is -2.36. The second-order valence-corrected chi connectivity index (χ2v) is 6.99. The maximum Gasteiger partial charge on any atom is 0.152 e. The molecule has 1 fully saturated rings. The van der Waals surface area contributed by atoms with Gasteiger partial charge in [-0.1, -0.05) is 0 Å². The van der Waals surface area contributed by atoms with Crippen molar-refractivity contribution >= 4 is 16.9 Å². The van der Waals surface area contributed by atoms with Crippen molar-refractivity contribution in [3.8, 4) is 0 Å². The average Bonchev–Trinajstić information content (AvgIpc) is 3.44. The summed E-state index contributed by atoms with van der Waals surface area (Å²) in [5.41, 5.74) is 0.878. The minimum Gasteiger partial charge on any atom is -0.355 e. The van der Waals surface area contributed by atoms with E-state index in [1.165, 1.54) is 0 Å². The van der Waals surface area contributed by atoms with Crippen LogP contribution in [0.1, 0.15) is 30.4 Å². The van der Waals surface area contributed by atoms with Crippen LogP contribution in [0.15, 0.2) is 37.3 Å². The van der Waals surface area contributed by atoms with Crippen molar-refractivity contribution in [1.82, 2.24) is 39.3 Å². The van der Waals surface area contributed by atoms with E-state index in [0.29, 0.717) is 12.5 Å². The summed E-state index contributed by atoms with van der Waals surface area (Å²) < 4.78 is 4.13. The molecule has 0 bridgehead atoms. The molecular formula is C18H21N9. The van der Waals surface area contributed by atoms with E-state index in [9.17, 15) is 0 Å². The standard InChI is InChI=1S/C18H21N9/c1-25-15(10-26-8-6-19-12-26)23-24-17(25)13-3-2-7-27(9-13)18-14-4-5-20-16(14)21-11-22-18/h4-6,8,11-13H,2-3,7,9-10H2,1H3,(H,20,21,22)/t13-/m1/s1. The summed E-state index contributed by atoms with van der Waals surface area (Å²) in [6, 6.07) is 2.04. The van der Waals surface area contributed by atoms with Crippen molar-refractivity contribution in [2.24, 2.45) is 7.05 Å². The first-order valence-electron chi connectivity index (χ1n) is 9.16. The monoisotopic (exact) mass is 363 g/mol. The fourth-order valence-electron chi connectivity index (χ4n) is 3.90. The van der Waals surface area contributed by atoms with E-state index >= 15 is 0 Å². The number of piperidine rings is 1. The molecular weight excluding hydrogens is 342 g/mol. The first kappa shape index (κ1) is 16.0. The first-order valence-corrected chi connectivity index (χ1v) is 9.16. The van der Waals surface area contributed by atoms with Gasteiger partial charge in [0.2, 0.25) is 0 Å². The fourth-order valence-corrected chi connectivity index (χ4v) is 3.90. The molecule has 0 radical (unpaired) electrons. The van der Waals surface area contributed by atoms with Crippen molar-refractivity contribution in [3.05, 3.63) is 49.0 Å². The number of nitrogens with one attached hydrogen (secondary N) is 1. The second kappa shape index (κ2) is 6.49. The minimum absolute atomic E-state index is 0.330. The van der Waals surface area contributed by atoms with Crippen LogP contribution in [0.5, 0.6) is 0 Å². The lowest BCUT2D eigenvalue weighted by molar-refractivity contribution is 0.476. The Labute approximate surface area is 156 Å². The molecule has 0 aliphatic carbocycles. The van der Waals surface area contributed by atoms with Crippen LogP contribution >= 0.6 is 0 Å². The zero-order chi connectivity index (χ0) is 18.2. The van der Waals surface area contributed by atoms with Gasteiger partial charge in [0.1, 0.15) is 23.6 Å². The smallest absolute Gasteiger partial charge is 0.152 e. The zero-order valence-corrected chi connectivity index (χ0v) is 15.2. The summed E-state index contributed by atoms with van der Waals surface area (Å²) >= 11 is 0. The molecule has 138 valence electrons. The Kier molecular flexibility index (Phi) is 3.84. The van der Waals surface area contributed by atoms with E-state index in [1.54, 1.807) is 18.9 Å². The van der Waals surface area contributed by atoms with E-state index in [0.717, 1.165) is 54.4 Å². The third kappa shape index (κ3) is 2.84. The highest BCUT2D eigenvalue weighted by Gasteiger charge is 2.27. The Bertz CT molecular complexity index is 1050. The molecule has 1 saturated heterocycles. The van der Waals surface area contributed by atoms with Gasteiger partial charge in [0.15, 0.2) is 5.82 Å². The van der Waals surface area contributed by atoms with Crippen molar-refractivity contribution in [3.63, 3.8) is 0 Å². The van der Waals surface area contributed by atoms with Crippen LogP contribution in [-0.2, 0) is 13.6 Å². The highest BCUT2D eigenvalue weighted by molar-refractivity contribution is 5.87. The molecule has 0 unspecified atom stereocenters. The normalized spacial score (nSPS) is 17.7. The Hall–Kier alpha value is -3.23. The molecule has 0 amide bonds. The summed E-state index contributed by atoms with van der Waals surface area (Å²) in [6.45, 7) is 2.55. The summed E-state index contributed by atoms with van der Waals surface area (Å²) in [4.78, 5) is 18.4. The zero-order valence-electron chi connectivity index (χ0n) is 15.2.